The van der Waals surface area contributed by atoms with Crippen molar-refractivity contribution in [2.45, 2.75) is 30.2 Å². The Bertz CT molecular complexity index is 970. The van der Waals surface area contributed by atoms with E-state index in [2.05, 4.69) is 0 Å². The number of allylic oxidation sites excluding steroid dienone is 2. The zero-order chi connectivity index (χ0) is 17.6. The molecule has 0 aliphatic carbocycles. The van der Waals surface area contributed by atoms with Crippen molar-refractivity contribution < 1.29 is 8.42 Å². The molecule has 1 aromatic heterocycles. The predicted molar refractivity (Wildman–Crippen MR) is 101 cm³/mol. The first-order valence-electron chi connectivity index (χ1n) is 7.37. The molecule has 0 amide bonds. The number of anilines is 1. The van der Waals surface area contributed by atoms with Crippen LogP contribution in [0.2, 0.25) is 5.02 Å². The Labute approximate surface area is 152 Å². The van der Waals surface area contributed by atoms with E-state index in [1.165, 1.54) is 11.6 Å². The molecule has 126 valence electrons. The first-order chi connectivity index (χ1) is 11.2. The molecule has 24 heavy (non-hydrogen) atoms. The van der Waals surface area contributed by atoms with Crippen molar-refractivity contribution >= 4 is 44.3 Å². The van der Waals surface area contributed by atoms with Gasteiger partial charge in [-0.3, -0.25) is 0 Å². The number of nitrogens with zero attached hydrogens (tertiary/aromatic N) is 2. The number of aromatic nitrogens is 1. The number of benzene rings is 1. The zero-order valence-electron chi connectivity index (χ0n) is 13.6. The van der Waals surface area contributed by atoms with E-state index in [0.29, 0.717) is 27.8 Å². The molecule has 4 nitrogen and oxygen atoms in total. The van der Waals surface area contributed by atoms with E-state index in [0.717, 1.165) is 0 Å². The van der Waals surface area contributed by atoms with Gasteiger partial charge in [0, 0.05) is 36.6 Å². The molecule has 7 heteroatoms. The van der Waals surface area contributed by atoms with Gasteiger partial charge < -0.3 is 9.47 Å². The van der Waals surface area contributed by atoms with Gasteiger partial charge in [0.25, 0.3) is 0 Å². The third kappa shape index (κ3) is 2.79. The van der Waals surface area contributed by atoms with Crippen molar-refractivity contribution in [3.05, 3.63) is 52.8 Å². The number of hydrogen-bond donors (Lipinski definition) is 0. The summed E-state index contributed by atoms with van der Waals surface area (Å²) in [4.78, 5) is 2.60. The molecule has 1 aromatic carbocycles. The van der Waals surface area contributed by atoms with Crippen molar-refractivity contribution in [3.63, 3.8) is 0 Å². The summed E-state index contributed by atoms with van der Waals surface area (Å²) in [6.45, 7) is 4.60. The number of fused-ring (bicyclic) bond motifs is 2. The maximum Gasteiger partial charge on any atom is 0.210 e. The molecule has 0 saturated heterocycles. The summed E-state index contributed by atoms with van der Waals surface area (Å²) in [5.74, 6) is 0. The quantitative estimate of drug-likeness (QED) is 0.582. The molecule has 0 spiro atoms. The fourth-order valence-corrected chi connectivity index (χ4v) is 4.92. The predicted octanol–water partition coefficient (Wildman–Crippen LogP) is 4.07. The van der Waals surface area contributed by atoms with Gasteiger partial charge in [-0.25, -0.2) is 8.42 Å². The lowest BCUT2D eigenvalue weighted by atomic mass is 10.2. The van der Waals surface area contributed by atoms with E-state index in [9.17, 15) is 8.42 Å². The van der Waals surface area contributed by atoms with E-state index < -0.39 is 9.84 Å². The highest BCUT2D eigenvalue weighted by Crippen LogP contribution is 2.38. The normalized spacial score (nSPS) is 15.5. The van der Waals surface area contributed by atoms with Crippen LogP contribution < -0.4 is 4.90 Å². The van der Waals surface area contributed by atoms with Crippen LogP contribution in [0.15, 0.2) is 52.0 Å². The number of halogens is 1. The molecule has 0 radical (unpaired) electrons. The van der Waals surface area contributed by atoms with Crippen LogP contribution in [-0.4, -0.2) is 25.0 Å². The van der Waals surface area contributed by atoms with Crippen LogP contribution in [0.3, 0.4) is 0 Å². The minimum absolute atomic E-state index is 0.179. The first kappa shape index (κ1) is 17.2. The highest BCUT2D eigenvalue weighted by atomic mass is 35.5. The second kappa shape index (κ2) is 6.02. The molecule has 0 atom stereocenters. The monoisotopic (exact) mass is 380 g/mol. The maximum atomic E-state index is 13.1. The van der Waals surface area contributed by atoms with Gasteiger partial charge in [-0.1, -0.05) is 35.5 Å². The lowest BCUT2D eigenvalue weighted by molar-refractivity contribution is 0.596. The van der Waals surface area contributed by atoms with Gasteiger partial charge in [0.1, 0.15) is 4.99 Å². The molecular weight excluding hydrogens is 364 g/mol. The lowest BCUT2D eigenvalue weighted by Crippen LogP contribution is -2.24. The Morgan fingerprint density at radius 2 is 1.96 bits per heavy atom. The molecule has 2 heterocycles. The topological polar surface area (TPSA) is 42.3 Å². The largest absolute Gasteiger partial charge is 0.348 e. The van der Waals surface area contributed by atoms with Crippen LogP contribution in [-0.2, 0) is 16.4 Å². The van der Waals surface area contributed by atoms with Gasteiger partial charge in [-0.05, 0) is 32.0 Å². The zero-order valence-corrected chi connectivity index (χ0v) is 16.0. The summed E-state index contributed by atoms with van der Waals surface area (Å²) in [7, 11) is -1.93. The average molecular weight is 381 g/mol. The minimum atomic E-state index is -3.70. The van der Waals surface area contributed by atoms with Crippen molar-refractivity contribution in [1.82, 2.24) is 4.57 Å². The molecule has 3 rings (SSSR count). The van der Waals surface area contributed by atoms with Crippen LogP contribution in [0.1, 0.15) is 19.4 Å². The van der Waals surface area contributed by atoms with Crippen molar-refractivity contribution in [2.24, 2.45) is 0 Å². The third-order valence-electron chi connectivity index (χ3n) is 3.95. The fraction of sp³-hybridized carbons (Fsp3) is 0.235. The molecular formula is C17H17ClN2O2S2. The maximum absolute atomic E-state index is 13.1. The Morgan fingerprint density at radius 3 is 2.62 bits per heavy atom. The van der Waals surface area contributed by atoms with Crippen LogP contribution in [0, 0.1) is 0 Å². The smallest absolute Gasteiger partial charge is 0.210 e. The van der Waals surface area contributed by atoms with E-state index in [4.69, 9.17) is 23.8 Å². The highest BCUT2D eigenvalue weighted by Gasteiger charge is 2.33. The lowest BCUT2D eigenvalue weighted by Gasteiger charge is -2.19. The average Bonchev–Trinajstić information content (AvgIpc) is 2.94. The van der Waals surface area contributed by atoms with E-state index in [-0.39, 0.29) is 9.79 Å². The van der Waals surface area contributed by atoms with Crippen LogP contribution in [0.25, 0.3) is 0 Å². The number of rotatable bonds is 2. The third-order valence-corrected chi connectivity index (χ3v) is 6.49. The summed E-state index contributed by atoms with van der Waals surface area (Å²) < 4.78 is 28.1. The highest BCUT2D eigenvalue weighted by molar-refractivity contribution is 7.92. The summed E-state index contributed by atoms with van der Waals surface area (Å²) in [6.07, 6.45) is 5.46. The summed E-state index contributed by atoms with van der Waals surface area (Å²) in [5, 5.41) is 0.379. The summed E-state index contributed by atoms with van der Waals surface area (Å²) >= 11 is 11.6. The Morgan fingerprint density at radius 1 is 1.25 bits per heavy atom. The molecule has 1 aliphatic heterocycles. The van der Waals surface area contributed by atoms with Crippen LogP contribution in [0.5, 0.6) is 0 Å². The molecule has 0 N–H and O–H groups in total. The first-order valence-corrected chi connectivity index (χ1v) is 9.64. The summed E-state index contributed by atoms with van der Waals surface area (Å²) in [6, 6.07) is 4.83. The summed E-state index contributed by atoms with van der Waals surface area (Å²) in [5.41, 5.74) is 2.25. The van der Waals surface area contributed by atoms with Crippen LogP contribution in [0.4, 0.5) is 5.69 Å². The number of hydrogen-bond acceptors (Lipinski definition) is 3. The van der Waals surface area contributed by atoms with Gasteiger partial charge >= 0.3 is 0 Å². The van der Waals surface area contributed by atoms with Crippen molar-refractivity contribution in [3.8, 4) is 0 Å². The van der Waals surface area contributed by atoms with Crippen LogP contribution >= 0.6 is 23.8 Å². The van der Waals surface area contributed by atoms with Gasteiger partial charge in [-0.15, -0.1) is 0 Å². The number of sulfone groups is 1. The van der Waals surface area contributed by atoms with E-state index >= 15 is 0 Å². The van der Waals surface area contributed by atoms with Crippen molar-refractivity contribution in [1.29, 1.82) is 0 Å². The Kier molecular flexibility index (Phi) is 4.32. The van der Waals surface area contributed by atoms with Gasteiger partial charge in [0.2, 0.25) is 9.84 Å². The fourth-order valence-electron chi connectivity index (χ4n) is 2.64. The molecule has 2 aromatic rings. The van der Waals surface area contributed by atoms with Gasteiger partial charge in [0.15, 0.2) is 0 Å². The molecule has 0 saturated carbocycles. The van der Waals surface area contributed by atoms with Gasteiger partial charge in [-0.2, -0.15) is 0 Å². The Hall–Kier alpha value is -1.63. The SMILES string of the molecule is CC(C)=CCn1cc2c(c1)S(=O)(=O)c1cc(Cl)ccc1N(C)C2=S. The van der Waals surface area contributed by atoms with E-state index in [1.54, 1.807) is 36.5 Å². The molecule has 0 bridgehead atoms. The standard InChI is InChI=1S/C17H17ClN2O2S2/c1-11(2)6-7-20-9-13-16(10-20)24(21,22)15-8-12(18)4-5-14(15)19(3)17(13)23/h4-6,8-10H,7H2,1-3H3. The van der Waals surface area contributed by atoms with Crippen molar-refractivity contribution in [2.75, 3.05) is 11.9 Å². The number of thiocarbonyl (C=S) groups is 1. The molecule has 1 aliphatic rings. The molecule has 0 fully saturated rings. The Balaban J connectivity index is 2.25. The molecule has 0 unspecified atom stereocenters. The second-order valence-corrected chi connectivity index (χ2v) is 8.70. The minimum Gasteiger partial charge on any atom is -0.348 e. The second-order valence-electron chi connectivity index (χ2n) is 5.99. The van der Waals surface area contributed by atoms with Gasteiger partial charge in [0.05, 0.1) is 15.5 Å². The van der Waals surface area contributed by atoms with E-state index in [1.807, 2.05) is 24.5 Å².